The van der Waals surface area contributed by atoms with Crippen molar-refractivity contribution >= 4 is 5.78 Å². The third kappa shape index (κ3) is 3.49. The van der Waals surface area contributed by atoms with Gasteiger partial charge in [-0.25, -0.2) is 0 Å². The van der Waals surface area contributed by atoms with E-state index in [1.807, 2.05) is 26.8 Å². The van der Waals surface area contributed by atoms with E-state index in [0.29, 0.717) is 18.6 Å². The van der Waals surface area contributed by atoms with E-state index in [0.717, 1.165) is 12.2 Å². The molecule has 0 atom stereocenters. The van der Waals surface area contributed by atoms with Crippen LogP contribution in [0.1, 0.15) is 49.9 Å². The fourth-order valence-corrected chi connectivity index (χ4v) is 1.36. The molecule has 3 nitrogen and oxygen atoms in total. The molecule has 0 bridgehead atoms. The first kappa shape index (κ1) is 13.0. The van der Waals surface area contributed by atoms with Gasteiger partial charge in [0.15, 0.2) is 11.5 Å². The molecule has 0 fully saturated rings. The number of hydrogen-bond donors (Lipinski definition) is 0. The summed E-state index contributed by atoms with van der Waals surface area (Å²) in [5.41, 5.74) is -0.254. The van der Waals surface area contributed by atoms with E-state index in [2.05, 4.69) is 0 Å². The van der Waals surface area contributed by atoms with Gasteiger partial charge in [-0.05, 0) is 32.4 Å². The van der Waals surface area contributed by atoms with Crippen LogP contribution in [-0.2, 0) is 11.2 Å². The second-order valence-electron chi connectivity index (χ2n) is 4.51. The van der Waals surface area contributed by atoms with Gasteiger partial charge in [0.05, 0.1) is 5.60 Å². The van der Waals surface area contributed by atoms with Crippen molar-refractivity contribution in [1.82, 2.24) is 0 Å². The maximum absolute atomic E-state index is 11.8. The second-order valence-corrected chi connectivity index (χ2v) is 4.51. The van der Waals surface area contributed by atoms with Crippen LogP contribution in [0.5, 0.6) is 0 Å². The third-order valence-corrected chi connectivity index (χ3v) is 2.79. The lowest BCUT2D eigenvalue weighted by molar-refractivity contribution is 0.0139. The SMILES string of the molecule is CCc1ccc(C(=O)CCC(C)(C)OC)o1. The van der Waals surface area contributed by atoms with Crippen molar-refractivity contribution in [3.63, 3.8) is 0 Å². The van der Waals surface area contributed by atoms with E-state index in [1.165, 1.54) is 0 Å². The molecule has 1 aromatic rings. The zero-order valence-corrected chi connectivity index (χ0v) is 10.5. The van der Waals surface area contributed by atoms with E-state index < -0.39 is 0 Å². The Morgan fingerprint density at radius 2 is 2.12 bits per heavy atom. The van der Waals surface area contributed by atoms with Crippen molar-refractivity contribution in [3.05, 3.63) is 23.7 Å². The number of furan rings is 1. The smallest absolute Gasteiger partial charge is 0.198 e. The molecule has 16 heavy (non-hydrogen) atoms. The van der Waals surface area contributed by atoms with E-state index >= 15 is 0 Å². The minimum atomic E-state index is -0.254. The molecule has 0 saturated heterocycles. The minimum absolute atomic E-state index is 0.0461. The average Bonchev–Trinajstić information content (AvgIpc) is 2.74. The quantitative estimate of drug-likeness (QED) is 0.696. The number of ether oxygens (including phenoxy) is 1. The fourth-order valence-electron chi connectivity index (χ4n) is 1.36. The molecule has 0 unspecified atom stereocenters. The maximum Gasteiger partial charge on any atom is 0.198 e. The van der Waals surface area contributed by atoms with Crippen LogP contribution in [0.4, 0.5) is 0 Å². The summed E-state index contributed by atoms with van der Waals surface area (Å²) in [7, 11) is 1.66. The Balaban J connectivity index is 2.53. The van der Waals surface area contributed by atoms with Crippen LogP contribution in [0, 0.1) is 0 Å². The average molecular weight is 224 g/mol. The van der Waals surface area contributed by atoms with Crippen LogP contribution in [0.3, 0.4) is 0 Å². The zero-order valence-electron chi connectivity index (χ0n) is 10.5. The molecule has 90 valence electrons. The molecule has 0 aromatic carbocycles. The summed E-state index contributed by atoms with van der Waals surface area (Å²) in [4.78, 5) is 11.8. The largest absolute Gasteiger partial charge is 0.458 e. The highest BCUT2D eigenvalue weighted by Gasteiger charge is 2.19. The van der Waals surface area contributed by atoms with Gasteiger partial charge in [0.1, 0.15) is 5.76 Å². The lowest BCUT2D eigenvalue weighted by Gasteiger charge is -2.21. The molecule has 0 aliphatic rings. The summed E-state index contributed by atoms with van der Waals surface area (Å²) in [6.45, 7) is 5.95. The van der Waals surface area contributed by atoms with Crippen LogP contribution < -0.4 is 0 Å². The van der Waals surface area contributed by atoms with Crippen molar-refractivity contribution in [1.29, 1.82) is 0 Å². The van der Waals surface area contributed by atoms with Crippen molar-refractivity contribution in [2.24, 2.45) is 0 Å². The first-order valence-corrected chi connectivity index (χ1v) is 5.65. The number of carbonyl (C=O) groups is 1. The molecular formula is C13H20O3. The maximum atomic E-state index is 11.8. The van der Waals surface area contributed by atoms with Crippen molar-refractivity contribution in [3.8, 4) is 0 Å². The molecule has 0 radical (unpaired) electrons. The van der Waals surface area contributed by atoms with E-state index in [-0.39, 0.29) is 11.4 Å². The lowest BCUT2D eigenvalue weighted by atomic mass is 10.00. The zero-order chi connectivity index (χ0) is 12.2. The van der Waals surface area contributed by atoms with Gasteiger partial charge < -0.3 is 9.15 Å². The summed E-state index contributed by atoms with van der Waals surface area (Å²) < 4.78 is 10.7. The molecule has 1 aromatic heterocycles. The molecule has 0 N–H and O–H groups in total. The van der Waals surface area contributed by atoms with E-state index in [9.17, 15) is 4.79 Å². The highest BCUT2D eigenvalue weighted by molar-refractivity contribution is 5.93. The predicted molar refractivity (Wildman–Crippen MR) is 62.7 cm³/mol. The third-order valence-electron chi connectivity index (χ3n) is 2.79. The molecule has 0 saturated carbocycles. The molecule has 3 heteroatoms. The Kier molecular flexibility index (Phi) is 4.30. The first-order chi connectivity index (χ1) is 7.48. The summed E-state index contributed by atoms with van der Waals surface area (Å²) in [6, 6.07) is 3.61. The van der Waals surface area contributed by atoms with Crippen LogP contribution in [0.2, 0.25) is 0 Å². The lowest BCUT2D eigenvalue weighted by Crippen LogP contribution is -2.23. The molecule has 0 spiro atoms. The number of rotatable bonds is 6. The topological polar surface area (TPSA) is 39.4 Å². The van der Waals surface area contributed by atoms with Gasteiger partial charge in [0.2, 0.25) is 0 Å². The predicted octanol–water partition coefficient (Wildman–Crippen LogP) is 3.23. The number of methoxy groups -OCH3 is 1. The van der Waals surface area contributed by atoms with Gasteiger partial charge in [-0.1, -0.05) is 6.92 Å². The fraction of sp³-hybridized carbons (Fsp3) is 0.615. The Hall–Kier alpha value is -1.09. The Labute approximate surface area is 96.8 Å². The highest BCUT2D eigenvalue weighted by Crippen LogP contribution is 2.18. The number of Topliss-reactive ketones (excluding diaryl/α,β-unsaturated/α-hetero) is 1. The molecule has 0 aliphatic carbocycles. The van der Waals surface area contributed by atoms with Gasteiger partial charge in [0.25, 0.3) is 0 Å². The van der Waals surface area contributed by atoms with Gasteiger partial charge >= 0.3 is 0 Å². The number of aryl methyl sites for hydroxylation is 1. The molecular weight excluding hydrogens is 204 g/mol. The van der Waals surface area contributed by atoms with Crippen molar-refractivity contribution < 1.29 is 13.9 Å². The Morgan fingerprint density at radius 3 is 2.62 bits per heavy atom. The van der Waals surface area contributed by atoms with Gasteiger partial charge in [0, 0.05) is 20.0 Å². The Morgan fingerprint density at radius 1 is 1.44 bits per heavy atom. The first-order valence-electron chi connectivity index (χ1n) is 5.65. The summed E-state index contributed by atoms with van der Waals surface area (Å²) >= 11 is 0. The summed E-state index contributed by atoms with van der Waals surface area (Å²) in [5.74, 6) is 1.36. The monoisotopic (exact) mass is 224 g/mol. The molecule has 1 heterocycles. The van der Waals surface area contributed by atoms with Crippen LogP contribution in [0.15, 0.2) is 16.5 Å². The minimum Gasteiger partial charge on any atom is -0.458 e. The number of hydrogen-bond acceptors (Lipinski definition) is 3. The van der Waals surface area contributed by atoms with Gasteiger partial charge in [-0.15, -0.1) is 0 Å². The molecule has 0 aliphatic heterocycles. The van der Waals surface area contributed by atoms with E-state index in [4.69, 9.17) is 9.15 Å². The highest BCUT2D eigenvalue weighted by atomic mass is 16.5. The Bertz CT molecular complexity index is 350. The normalized spacial score (nSPS) is 11.8. The molecule has 1 rings (SSSR count). The van der Waals surface area contributed by atoms with Crippen molar-refractivity contribution in [2.75, 3.05) is 7.11 Å². The van der Waals surface area contributed by atoms with Crippen LogP contribution in [-0.4, -0.2) is 18.5 Å². The van der Waals surface area contributed by atoms with Crippen LogP contribution >= 0.6 is 0 Å². The van der Waals surface area contributed by atoms with Crippen LogP contribution in [0.25, 0.3) is 0 Å². The summed E-state index contributed by atoms with van der Waals surface area (Å²) in [6.07, 6.45) is 1.97. The summed E-state index contributed by atoms with van der Waals surface area (Å²) in [5, 5.41) is 0. The number of ketones is 1. The standard InChI is InChI=1S/C13H20O3/c1-5-10-6-7-12(16-10)11(14)8-9-13(2,3)15-4/h6-7H,5,8-9H2,1-4H3. The van der Waals surface area contributed by atoms with E-state index in [1.54, 1.807) is 13.2 Å². The number of carbonyl (C=O) groups excluding carboxylic acids is 1. The second kappa shape index (κ2) is 5.30. The van der Waals surface area contributed by atoms with Gasteiger partial charge in [-0.3, -0.25) is 4.79 Å². The molecule has 0 amide bonds. The van der Waals surface area contributed by atoms with Gasteiger partial charge in [-0.2, -0.15) is 0 Å². The van der Waals surface area contributed by atoms with Crippen molar-refractivity contribution in [2.45, 2.75) is 45.6 Å².